The summed E-state index contributed by atoms with van der Waals surface area (Å²) in [4.78, 5) is 11.8. The highest BCUT2D eigenvalue weighted by molar-refractivity contribution is 7.89. The lowest BCUT2D eigenvalue weighted by molar-refractivity contribution is 0.579. The number of rotatable bonds is 6. The molecule has 7 heteroatoms. The van der Waals surface area contributed by atoms with Crippen molar-refractivity contribution < 1.29 is 8.42 Å². The Morgan fingerprint density at radius 3 is 2.68 bits per heavy atom. The monoisotopic (exact) mass is 412 g/mol. The largest absolute Gasteiger partial charge is 0.307 e. The number of hydrogen-bond acceptors (Lipinski definition) is 4. The molecule has 0 radical (unpaired) electrons. The zero-order valence-corrected chi connectivity index (χ0v) is 17.0. The molecule has 1 N–H and O–H groups in total. The predicted octanol–water partition coefficient (Wildman–Crippen LogP) is 3.66. The molecule has 28 heavy (non-hydrogen) atoms. The van der Waals surface area contributed by atoms with Crippen molar-refractivity contribution >= 4 is 42.3 Å². The smallest absolute Gasteiger partial charge is 0.302 e. The summed E-state index contributed by atoms with van der Waals surface area (Å²) >= 11 is 1.05. The number of nitrogens with one attached hydrogen (secondary N) is 1. The lowest BCUT2D eigenvalue weighted by atomic mass is 10.0. The topological polar surface area (TPSA) is 68.2 Å². The number of hydrogen-bond donors (Lipinski definition) is 1. The van der Waals surface area contributed by atoms with Crippen LogP contribution in [0.2, 0.25) is 0 Å². The van der Waals surface area contributed by atoms with Crippen LogP contribution in [0.5, 0.6) is 0 Å². The molecule has 1 heterocycles. The molecule has 0 aliphatic carbocycles. The molecule has 4 rings (SSSR count). The summed E-state index contributed by atoms with van der Waals surface area (Å²) in [5.41, 5.74) is 1.96. The molecule has 4 aromatic rings. The van der Waals surface area contributed by atoms with Crippen LogP contribution in [-0.2, 0) is 23.5 Å². The van der Waals surface area contributed by atoms with Crippen molar-refractivity contribution in [1.29, 1.82) is 0 Å². The van der Waals surface area contributed by atoms with Gasteiger partial charge in [-0.2, -0.15) is 0 Å². The summed E-state index contributed by atoms with van der Waals surface area (Å²) < 4.78 is 30.1. The van der Waals surface area contributed by atoms with E-state index in [1.807, 2.05) is 18.2 Å². The average Bonchev–Trinajstić information content (AvgIpc) is 2.98. The summed E-state index contributed by atoms with van der Waals surface area (Å²) in [6.45, 7) is 0.356. The van der Waals surface area contributed by atoms with Crippen molar-refractivity contribution in [3.05, 3.63) is 75.9 Å². The quantitative estimate of drug-likeness (QED) is 0.492. The SMILES string of the molecule is Cn1c(=O)sc2cc(S(=O)(=O)NCCCc3cccc4ccccc34)ccc21. The molecule has 0 bridgehead atoms. The van der Waals surface area contributed by atoms with Gasteiger partial charge in [-0.15, -0.1) is 0 Å². The van der Waals surface area contributed by atoms with Crippen LogP contribution in [0.15, 0.2) is 70.4 Å². The molecular formula is C21H20N2O3S2. The minimum absolute atomic E-state index is 0.104. The van der Waals surface area contributed by atoms with Gasteiger partial charge in [0.15, 0.2) is 0 Å². The van der Waals surface area contributed by atoms with Crippen LogP contribution in [0, 0.1) is 0 Å². The molecule has 0 amide bonds. The Bertz CT molecular complexity index is 1320. The number of aromatic nitrogens is 1. The second kappa shape index (κ2) is 7.50. The van der Waals surface area contributed by atoms with Crippen LogP contribution < -0.4 is 9.60 Å². The van der Waals surface area contributed by atoms with Crippen LogP contribution in [0.1, 0.15) is 12.0 Å². The highest BCUT2D eigenvalue weighted by Crippen LogP contribution is 2.22. The molecule has 144 valence electrons. The lowest BCUT2D eigenvalue weighted by Gasteiger charge is -2.09. The fraction of sp³-hybridized carbons (Fsp3) is 0.190. The summed E-state index contributed by atoms with van der Waals surface area (Å²) in [7, 11) is -1.93. The number of nitrogens with zero attached hydrogens (tertiary/aromatic N) is 1. The van der Waals surface area contributed by atoms with E-state index in [1.165, 1.54) is 20.9 Å². The first-order chi connectivity index (χ1) is 13.5. The fourth-order valence-electron chi connectivity index (χ4n) is 3.36. The molecule has 0 aliphatic rings. The third kappa shape index (κ3) is 3.61. The van der Waals surface area contributed by atoms with Gasteiger partial charge in [0.2, 0.25) is 10.0 Å². The van der Waals surface area contributed by atoms with Gasteiger partial charge in [0, 0.05) is 13.6 Å². The third-order valence-electron chi connectivity index (χ3n) is 4.87. The van der Waals surface area contributed by atoms with Crippen molar-refractivity contribution in [2.24, 2.45) is 7.05 Å². The standard InChI is InChI=1S/C21H20N2O3S2/c1-23-19-12-11-17(14-20(19)27-21(23)24)28(25,26)22-13-5-9-16-8-4-7-15-6-2-3-10-18(15)16/h2-4,6-8,10-12,14,22H,5,9,13H2,1H3. The van der Waals surface area contributed by atoms with Gasteiger partial charge in [-0.1, -0.05) is 53.8 Å². The van der Waals surface area contributed by atoms with E-state index in [4.69, 9.17) is 0 Å². The Morgan fingerprint density at radius 1 is 1.04 bits per heavy atom. The van der Waals surface area contributed by atoms with E-state index in [2.05, 4.69) is 29.0 Å². The van der Waals surface area contributed by atoms with Crippen LogP contribution in [-0.4, -0.2) is 19.5 Å². The van der Waals surface area contributed by atoms with Crippen LogP contribution in [0.3, 0.4) is 0 Å². The molecule has 5 nitrogen and oxygen atoms in total. The maximum absolute atomic E-state index is 12.6. The Hall–Kier alpha value is -2.48. The van der Waals surface area contributed by atoms with Gasteiger partial charge < -0.3 is 4.57 Å². The van der Waals surface area contributed by atoms with Crippen LogP contribution in [0.4, 0.5) is 0 Å². The summed E-state index contributed by atoms with van der Waals surface area (Å²) in [6.07, 6.45) is 1.50. The van der Waals surface area contributed by atoms with Gasteiger partial charge in [0.05, 0.1) is 15.1 Å². The van der Waals surface area contributed by atoms with Crippen molar-refractivity contribution in [3.8, 4) is 0 Å². The fourth-order valence-corrected chi connectivity index (χ4v) is 5.45. The zero-order chi connectivity index (χ0) is 19.7. The molecule has 0 saturated heterocycles. The Balaban J connectivity index is 1.45. The first-order valence-electron chi connectivity index (χ1n) is 9.01. The number of thiazole rings is 1. The predicted molar refractivity (Wildman–Crippen MR) is 115 cm³/mol. The van der Waals surface area contributed by atoms with E-state index in [0.717, 1.165) is 23.3 Å². The van der Waals surface area contributed by atoms with Gasteiger partial charge in [-0.25, -0.2) is 13.1 Å². The van der Waals surface area contributed by atoms with Crippen LogP contribution >= 0.6 is 11.3 Å². The molecule has 3 aromatic carbocycles. The van der Waals surface area contributed by atoms with Crippen LogP contribution in [0.25, 0.3) is 21.0 Å². The summed E-state index contributed by atoms with van der Waals surface area (Å²) in [5, 5.41) is 2.40. The number of sulfonamides is 1. The minimum Gasteiger partial charge on any atom is -0.302 e. The van der Waals surface area contributed by atoms with E-state index in [1.54, 1.807) is 25.2 Å². The summed E-state index contributed by atoms with van der Waals surface area (Å²) in [5.74, 6) is 0. The van der Waals surface area contributed by atoms with E-state index in [9.17, 15) is 13.2 Å². The molecular weight excluding hydrogens is 392 g/mol. The van der Waals surface area contributed by atoms with Gasteiger partial charge in [0.25, 0.3) is 0 Å². The molecule has 0 spiro atoms. The van der Waals surface area contributed by atoms with Crippen molar-refractivity contribution in [2.45, 2.75) is 17.7 Å². The lowest BCUT2D eigenvalue weighted by Crippen LogP contribution is -2.25. The molecule has 0 atom stereocenters. The first kappa shape index (κ1) is 18.9. The Kier molecular flexibility index (Phi) is 5.05. The number of aryl methyl sites for hydroxylation is 2. The van der Waals surface area contributed by atoms with Gasteiger partial charge >= 0.3 is 4.87 Å². The molecule has 0 aliphatic heterocycles. The van der Waals surface area contributed by atoms with Gasteiger partial charge in [-0.3, -0.25) is 4.79 Å². The van der Waals surface area contributed by atoms with E-state index in [-0.39, 0.29) is 9.77 Å². The highest BCUT2D eigenvalue weighted by Gasteiger charge is 2.15. The maximum Gasteiger partial charge on any atom is 0.307 e. The molecule has 1 aromatic heterocycles. The second-order valence-electron chi connectivity index (χ2n) is 6.70. The molecule has 0 saturated carbocycles. The van der Waals surface area contributed by atoms with Crippen molar-refractivity contribution in [3.63, 3.8) is 0 Å². The average molecular weight is 413 g/mol. The number of fused-ring (bicyclic) bond motifs is 2. The van der Waals surface area contributed by atoms with E-state index in [0.29, 0.717) is 17.7 Å². The number of benzene rings is 3. The minimum atomic E-state index is -3.61. The molecule has 0 unspecified atom stereocenters. The highest BCUT2D eigenvalue weighted by atomic mass is 32.2. The first-order valence-corrected chi connectivity index (χ1v) is 11.3. The van der Waals surface area contributed by atoms with E-state index < -0.39 is 10.0 Å². The molecule has 0 fully saturated rings. The zero-order valence-electron chi connectivity index (χ0n) is 15.4. The van der Waals surface area contributed by atoms with Crippen molar-refractivity contribution in [2.75, 3.05) is 6.54 Å². The maximum atomic E-state index is 12.6. The van der Waals surface area contributed by atoms with E-state index >= 15 is 0 Å². The summed E-state index contributed by atoms with van der Waals surface area (Å²) in [6, 6.07) is 19.2. The van der Waals surface area contributed by atoms with Crippen molar-refractivity contribution in [1.82, 2.24) is 9.29 Å². The normalized spacial score (nSPS) is 12.0. The van der Waals surface area contributed by atoms with Gasteiger partial charge in [-0.05, 0) is 47.4 Å². The Labute approximate surface area is 167 Å². The Morgan fingerprint density at radius 2 is 1.82 bits per heavy atom. The van der Waals surface area contributed by atoms with Gasteiger partial charge in [0.1, 0.15) is 0 Å². The third-order valence-corrected chi connectivity index (χ3v) is 7.32. The second-order valence-corrected chi connectivity index (χ2v) is 9.46.